The van der Waals surface area contributed by atoms with Crippen molar-refractivity contribution in [1.82, 2.24) is 15.1 Å². The fourth-order valence-electron chi connectivity index (χ4n) is 2.96. The van der Waals surface area contributed by atoms with E-state index in [2.05, 4.69) is 35.9 Å². The van der Waals surface area contributed by atoms with Crippen LogP contribution in [0.4, 0.5) is 0 Å². The van der Waals surface area contributed by atoms with Gasteiger partial charge < -0.3 is 10.1 Å². The molecule has 2 atom stereocenters. The molecule has 0 amide bonds. The predicted octanol–water partition coefficient (Wildman–Crippen LogP) is 1.69. The molecule has 1 aliphatic heterocycles. The average molecular weight is 251 g/mol. The van der Waals surface area contributed by atoms with Crippen LogP contribution < -0.4 is 5.32 Å². The Kier molecular flexibility index (Phi) is 4.40. The Morgan fingerprint density at radius 3 is 2.78 bits per heavy atom. The highest BCUT2D eigenvalue weighted by Gasteiger charge is 2.25. The number of likely N-dealkylation sites (N-methyl/N-ethyl adjacent to an activating group) is 1. The molecule has 0 bridgehead atoms. The number of aryl methyl sites for hydroxylation is 1. The third-order valence-electron chi connectivity index (χ3n) is 4.16. The van der Waals surface area contributed by atoms with Gasteiger partial charge in [-0.15, -0.1) is 0 Å². The van der Waals surface area contributed by atoms with E-state index in [0.717, 1.165) is 32.6 Å². The molecule has 1 saturated heterocycles. The maximum absolute atomic E-state index is 5.49. The predicted molar refractivity (Wildman–Crippen MR) is 72.9 cm³/mol. The molecule has 2 unspecified atom stereocenters. The van der Waals surface area contributed by atoms with Crippen LogP contribution in [0.1, 0.15) is 30.3 Å². The summed E-state index contributed by atoms with van der Waals surface area (Å²) >= 11 is 0. The van der Waals surface area contributed by atoms with E-state index in [4.69, 9.17) is 4.74 Å². The molecule has 1 aliphatic rings. The molecule has 0 radical (unpaired) electrons. The first-order valence-electron chi connectivity index (χ1n) is 6.95. The molecule has 1 aromatic heterocycles. The summed E-state index contributed by atoms with van der Waals surface area (Å²) in [6.07, 6.45) is 2.22. The van der Waals surface area contributed by atoms with E-state index in [-0.39, 0.29) is 0 Å². The van der Waals surface area contributed by atoms with E-state index in [1.165, 1.54) is 17.0 Å². The monoisotopic (exact) mass is 251 g/mol. The van der Waals surface area contributed by atoms with Gasteiger partial charge in [-0.1, -0.05) is 6.92 Å². The Balaban J connectivity index is 2.11. The number of hydrogen-bond donors (Lipinski definition) is 1. The minimum Gasteiger partial charge on any atom is -0.381 e. The molecular weight excluding hydrogens is 226 g/mol. The van der Waals surface area contributed by atoms with Gasteiger partial charge >= 0.3 is 0 Å². The van der Waals surface area contributed by atoms with Gasteiger partial charge in [-0.3, -0.25) is 4.68 Å². The van der Waals surface area contributed by atoms with Gasteiger partial charge in [-0.2, -0.15) is 5.10 Å². The molecule has 18 heavy (non-hydrogen) atoms. The average Bonchev–Trinajstić information content (AvgIpc) is 2.96. The molecule has 2 rings (SSSR count). The summed E-state index contributed by atoms with van der Waals surface area (Å²) in [4.78, 5) is 0. The van der Waals surface area contributed by atoms with Crippen LogP contribution in [-0.2, 0) is 17.7 Å². The first-order valence-corrected chi connectivity index (χ1v) is 6.95. The molecule has 0 saturated carbocycles. The van der Waals surface area contributed by atoms with Crippen LogP contribution in [0.5, 0.6) is 0 Å². The highest BCUT2D eigenvalue weighted by Crippen LogP contribution is 2.20. The summed E-state index contributed by atoms with van der Waals surface area (Å²) in [6.45, 7) is 9.20. The van der Waals surface area contributed by atoms with Crippen molar-refractivity contribution in [3.05, 3.63) is 17.0 Å². The standard InChI is InChI=1S/C14H25N3O/c1-5-13-10(2)16-17(11(13)3)8-14(15-4)12-6-7-18-9-12/h12,14-15H,5-9H2,1-4H3. The van der Waals surface area contributed by atoms with Gasteiger partial charge in [0.05, 0.1) is 18.8 Å². The second-order valence-corrected chi connectivity index (χ2v) is 5.20. The van der Waals surface area contributed by atoms with Crippen molar-refractivity contribution >= 4 is 0 Å². The van der Waals surface area contributed by atoms with Crippen molar-refractivity contribution in [2.24, 2.45) is 5.92 Å². The normalized spacial score (nSPS) is 21.4. The third-order valence-corrected chi connectivity index (χ3v) is 4.16. The zero-order valence-electron chi connectivity index (χ0n) is 12.0. The van der Waals surface area contributed by atoms with Crippen molar-refractivity contribution in [2.75, 3.05) is 20.3 Å². The van der Waals surface area contributed by atoms with Crippen LogP contribution in [-0.4, -0.2) is 36.1 Å². The molecule has 1 fully saturated rings. The van der Waals surface area contributed by atoms with Crippen LogP contribution in [0.15, 0.2) is 0 Å². The summed E-state index contributed by atoms with van der Waals surface area (Å²) < 4.78 is 7.65. The van der Waals surface area contributed by atoms with E-state index < -0.39 is 0 Å². The van der Waals surface area contributed by atoms with E-state index in [1.54, 1.807) is 0 Å². The molecule has 4 nitrogen and oxygen atoms in total. The zero-order chi connectivity index (χ0) is 13.1. The summed E-state index contributed by atoms with van der Waals surface area (Å²) in [7, 11) is 2.04. The lowest BCUT2D eigenvalue weighted by atomic mass is 9.99. The van der Waals surface area contributed by atoms with E-state index in [0.29, 0.717) is 12.0 Å². The van der Waals surface area contributed by atoms with Crippen LogP contribution in [0, 0.1) is 19.8 Å². The number of aromatic nitrogens is 2. The van der Waals surface area contributed by atoms with Gasteiger partial charge in [0.1, 0.15) is 0 Å². The van der Waals surface area contributed by atoms with Crippen LogP contribution in [0.3, 0.4) is 0 Å². The second kappa shape index (κ2) is 5.85. The van der Waals surface area contributed by atoms with Crippen LogP contribution in [0.2, 0.25) is 0 Å². The Morgan fingerprint density at radius 1 is 1.50 bits per heavy atom. The number of rotatable bonds is 5. The highest BCUT2D eigenvalue weighted by molar-refractivity contribution is 5.24. The SMILES string of the molecule is CCc1c(C)nn(CC(NC)C2CCOC2)c1C. The Bertz CT molecular complexity index is 394. The van der Waals surface area contributed by atoms with Gasteiger partial charge in [0.15, 0.2) is 0 Å². The molecule has 4 heteroatoms. The minimum atomic E-state index is 0.454. The van der Waals surface area contributed by atoms with Crippen molar-refractivity contribution in [2.45, 2.75) is 46.2 Å². The van der Waals surface area contributed by atoms with Crippen molar-refractivity contribution < 1.29 is 4.74 Å². The largest absolute Gasteiger partial charge is 0.381 e. The third kappa shape index (κ3) is 2.59. The summed E-state index contributed by atoms with van der Waals surface area (Å²) in [5.74, 6) is 0.615. The van der Waals surface area contributed by atoms with Crippen molar-refractivity contribution in [3.8, 4) is 0 Å². The van der Waals surface area contributed by atoms with Crippen LogP contribution >= 0.6 is 0 Å². The van der Waals surface area contributed by atoms with Crippen molar-refractivity contribution in [3.63, 3.8) is 0 Å². The van der Waals surface area contributed by atoms with Gasteiger partial charge in [0.2, 0.25) is 0 Å². The molecule has 0 aromatic carbocycles. The Hall–Kier alpha value is -0.870. The van der Waals surface area contributed by atoms with E-state index in [9.17, 15) is 0 Å². The Morgan fingerprint density at radius 2 is 2.28 bits per heavy atom. The molecule has 0 aliphatic carbocycles. The first kappa shape index (κ1) is 13.6. The van der Waals surface area contributed by atoms with E-state index in [1.807, 2.05) is 7.05 Å². The van der Waals surface area contributed by atoms with Gasteiger partial charge in [-0.05, 0) is 39.3 Å². The van der Waals surface area contributed by atoms with Crippen LogP contribution in [0.25, 0.3) is 0 Å². The molecule has 1 N–H and O–H groups in total. The fraction of sp³-hybridized carbons (Fsp3) is 0.786. The maximum Gasteiger partial charge on any atom is 0.0628 e. The summed E-state index contributed by atoms with van der Waals surface area (Å²) in [6, 6.07) is 0.454. The lowest BCUT2D eigenvalue weighted by Crippen LogP contribution is -2.38. The molecular formula is C14H25N3O. The van der Waals surface area contributed by atoms with Gasteiger partial charge in [0.25, 0.3) is 0 Å². The number of hydrogen-bond acceptors (Lipinski definition) is 3. The van der Waals surface area contributed by atoms with Crippen molar-refractivity contribution in [1.29, 1.82) is 0 Å². The first-order chi connectivity index (χ1) is 8.67. The second-order valence-electron chi connectivity index (χ2n) is 5.20. The smallest absolute Gasteiger partial charge is 0.0628 e. The maximum atomic E-state index is 5.49. The summed E-state index contributed by atoms with van der Waals surface area (Å²) in [5, 5.41) is 8.10. The lowest BCUT2D eigenvalue weighted by Gasteiger charge is -2.22. The lowest BCUT2D eigenvalue weighted by molar-refractivity contribution is 0.174. The molecule has 2 heterocycles. The zero-order valence-corrected chi connectivity index (χ0v) is 12.0. The topological polar surface area (TPSA) is 39.1 Å². The number of nitrogens with one attached hydrogen (secondary N) is 1. The number of ether oxygens (including phenoxy) is 1. The van der Waals surface area contributed by atoms with Gasteiger partial charge in [0, 0.05) is 24.3 Å². The number of nitrogens with zero attached hydrogens (tertiary/aromatic N) is 2. The minimum absolute atomic E-state index is 0.454. The molecule has 102 valence electrons. The highest BCUT2D eigenvalue weighted by atomic mass is 16.5. The Labute approximate surface area is 110 Å². The molecule has 0 spiro atoms. The van der Waals surface area contributed by atoms with Gasteiger partial charge in [-0.25, -0.2) is 0 Å². The quantitative estimate of drug-likeness (QED) is 0.865. The summed E-state index contributed by atoms with van der Waals surface area (Å²) in [5.41, 5.74) is 3.88. The van der Waals surface area contributed by atoms with E-state index >= 15 is 0 Å². The fourth-order valence-corrected chi connectivity index (χ4v) is 2.96. The molecule has 1 aromatic rings.